The number of nitrogens with one attached hydrogen (secondary N) is 1. The SMILES string of the molecule is Cc1nc(Cl)ccc1NC1CC(C#N)(c2ccccc2)C1. The van der Waals surface area contributed by atoms with E-state index in [1.807, 2.05) is 43.3 Å². The molecule has 4 heteroatoms. The predicted molar refractivity (Wildman–Crippen MR) is 84.4 cm³/mol. The van der Waals surface area contributed by atoms with Crippen molar-refractivity contribution in [3.05, 3.63) is 58.9 Å². The molecule has 1 aromatic carbocycles. The molecular formula is C17H16ClN3. The molecule has 1 saturated carbocycles. The Labute approximate surface area is 129 Å². The Morgan fingerprint density at radius 3 is 2.57 bits per heavy atom. The van der Waals surface area contributed by atoms with Gasteiger partial charge >= 0.3 is 0 Å². The summed E-state index contributed by atoms with van der Waals surface area (Å²) in [5, 5.41) is 13.5. The first-order valence-corrected chi connectivity index (χ1v) is 7.37. The van der Waals surface area contributed by atoms with Gasteiger partial charge in [-0.1, -0.05) is 41.9 Å². The van der Waals surface area contributed by atoms with Crippen molar-refractivity contribution in [1.29, 1.82) is 5.26 Å². The maximum Gasteiger partial charge on any atom is 0.129 e. The zero-order valence-electron chi connectivity index (χ0n) is 11.8. The summed E-state index contributed by atoms with van der Waals surface area (Å²) in [4.78, 5) is 4.24. The zero-order chi connectivity index (χ0) is 14.9. The molecule has 1 aromatic heterocycles. The smallest absolute Gasteiger partial charge is 0.129 e. The van der Waals surface area contributed by atoms with Crippen LogP contribution < -0.4 is 5.32 Å². The molecule has 0 spiro atoms. The number of anilines is 1. The first-order chi connectivity index (χ1) is 10.1. The highest BCUT2D eigenvalue weighted by Gasteiger charge is 2.46. The van der Waals surface area contributed by atoms with Crippen molar-refractivity contribution < 1.29 is 0 Å². The Bertz CT molecular complexity index is 685. The largest absolute Gasteiger partial charge is 0.381 e. The summed E-state index contributed by atoms with van der Waals surface area (Å²) < 4.78 is 0. The Hall–Kier alpha value is -2.05. The summed E-state index contributed by atoms with van der Waals surface area (Å²) in [6.07, 6.45) is 1.63. The Morgan fingerprint density at radius 1 is 1.24 bits per heavy atom. The minimum absolute atomic E-state index is 0.298. The van der Waals surface area contributed by atoms with Crippen LogP contribution in [0, 0.1) is 18.3 Å². The second kappa shape index (κ2) is 5.38. The maximum absolute atomic E-state index is 9.56. The molecular weight excluding hydrogens is 282 g/mol. The number of aryl methyl sites for hydroxylation is 1. The Balaban J connectivity index is 1.71. The van der Waals surface area contributed by atoms with Gasteiger partial charge < -0.3 is 5.32 Å². The molecule has 0 saturated heterocycles. The second-order valence-corrected chi connectivity index (χ2v) is 5.96. The van der Waals surface area contributed by atoms with Crippen LogP contribution in [-0.2, 0) is 5.41 Å². The third-order valence-electron chi connectivity index (χ3n) is 4.14. The molecule has 106 valence electrons. The average Bonchev–Trinajstić information content (AvgIpc) is 2.45. The first kappa shape index (κ1) is 13.9. The molecule has 1 N–H and O–H groups in total. The number of hydrogen-bond acceptors (Lipinski definition) is 3. The number of nitrogens with zero attached hydrogens (tertiary/aromatic N) is 2. The van der Waals surface area contributed by atoms with E-state index in [4.69, 9.17) is 11.6 Å². The lowest BCUT2D eigenvalue weighted by Crippen LogP contribution is -2.47. The lowest BCUT2D eigenvalue weighted by atomic mass is 9.62. The minimum atomic E-state index is -0.354. The number of benzene rings is 1. The van der Waals surface area contributed by atoms with Crippen LogP contribution in [0.2, 0.25) is 5.15 Å². The molecule has 1 aliphatic rings. The van der Waals surface area contributed by atoms with Crippen molar-refractivity contribution in [2.24, 2.45) is 0 Å². The van der Waals surface area contributed by atoms with Gasteiger partial charge in [0.15, 0.2) is 0 Å². The van der Waals surface area contributed by atoms with Crippen molar-refractivity contribution in [1.82, 2.24) is 4.98 Å². The van der Waals surface area contributed by atoms with Crippen LogP contribution in [0.25, 0.3) is 0 Å². The number of nitriles is 1. The summed E-state index contributed by atoms with van der Waals surface area (Å²) >= 11 is 5.87. The molecule has 3 rings (SSSR count). The molecule has 1 heterocycles. The van der Waals surface area contributed by atoms with E-state index in [-0.39, 0.29) is 5.41 Å². The van der Waals surface area contributed by atoms with Gasteiger partial charge in [-0.3, -0.25) is 0 Å². The normalized spacial score (nSPS) is 24.0. The second-order valence-electron chi connectivity index (χ2n) is 5.58. The van der Waals surface area contributed by atoms with E-state index in [9.17, 15) is 5.26 Å². The molecule has 0 aliphatic heterocycles. The summed E-state index contributed by atoms with van der Waals surface area (Å²) in [7, 11) is 0. The van der Waals surface area contributed by atoms with E-state index >= 15 is 0 Å². The van der Waals surface area contributed by atoms with E-state index in [2.05, 4.69) is 16.4 Å². The van der Waals surface area contributed by atoms with Crippen LogP contribution in [0.4, 0.5) is 5.69 Å². The third-order valence-corrected chi connectivity index (χ3v) is 4.35. The molecule has 0 radical (unpaired) electrons. The molecule has 0 unspecified atom stereocenters. The predicted octanol–water partition coefficient (Wildman–Crippen LogP) is 4.08. The molecule has 3 nitrogen and oxygen atoms in total. The molecule has 21 heavy (non-hydrogen) atoms. The van der Waals surface area contributed by atoms with Gasteiger partial charge in [0.05, 0.1) is 22.9 Å². The molecule has 0 amide bonds. The summed E-state index contributed by atoms with van der Waals surface area (Å²) in [6, 6.07) is 16.5. The number of pyridine rings is 1. The topological polar surface area (TPSA) is 48.7 Å². The van der Waals surface area contributed by atoms with Crippen molar-refractivity contribution in [2.45, 2.75) is 31.2 Å². The van der Waals surface area contributed by atoms with Gasteiger partial charge in [0.25, 0.3) is 0 Å². The summed E-state index contributed by atoms with van der Waals surface area (Å²) in [5.74, 6) is 0. The lowest BCUT2D eigenvalue weighted by Gasteiger charge is -2.43. The number of aromatic nitrogens is 1. The van der Waals surface area contributed by atoms with Gasteiger partial charge in [0, 0.05) is 6.04 Å². The first-order valence-electron chi connectivity index (χ1n) is 6.99. The van der Waals surface area contributed by atoms with Crippen LogP contribution in [0.15, 0.2) is 42.5 Å². The summed E-state index contributed by atoms with van der Waals surface area (Å²) in [6.45, 7) is 1.93. The van der Waals surface area contributed by atoms with Crippen molar-refractivity contribution in [3.63, 3.8) is 0 Å². The van der Waals surface area contributed by atoms with Crippen LogP contribution >= 0.6 is 11.6 Å². The Morgan fingerprint density at radius 2 is 1.95 bits per heavy atom. The van der Waals surface area contributed by atoms with Gasteiger partial charge in [-0.2, -0.15) is 5.26 Å². The maximum atomic E-state index is 9.56. The highest BCUT2D eigenvalue weighted by molar-refractivity contribution is 6.29. The van der Waals surface area contributed by atoms with E-state index in [1.165, 1.54) is 0 Å². The van der Waals surface area contributed by atoms with Gasteiger partial charge in [0.2, 0.25) is 0 Å². The van der Waals surface area contributed by atoms with Gasteiger partial charge in [0.1, 0.15) is 5.15 Å². The van der Waals surface area contributed by atoms with Gasteiger partial charge in [-0.05, 0) is 37.5 Å². The van der Waals surface area contributed by atoms with Crippen molar-refractivity contribution in [3.8, 4) is 6.07 Å². The fourth-order valence-corrected chi connectivity index (χ4v) is 3.12. The number of rotatable bonds is 3. The molecule has 2 aromatic rings. The van der Waals surface area contributed by atoms with Crippen LogP contribution in [0.1, 0.15) is 24.1 Å². The Kier molecular flexibility index (Phi) is 3.57. The highest BCUT2D eigenvalue weighted by Crippen LogP contribution is 2.44. The average molecular weight is 298 g/mol. The standard InChI is InChI=1S/C17H16ClN3/c1-12-15(7-8-16(18)20-12)21-14-9-17(10-14,11-19)13-5-3-2-4-6-13/h2-8,14,21H,9-10H2,1H3. The third kappa shape index (κ3) is 2.59. The van der Waals surface area contributed by atoms with E-state index in [1.54, 1.807) is 6.07 Å². The zero-order valence-corrected chi connectivity index (χ0v) is 12.6. The van der Waals surface area contributed by atoms with E-state index in [0.29, 0.717) is 11.2 Å². The van der Waals surface area contributed by atoms with E-state index in [0.717, 1.165) is 29.8 Å². The van der Waals surface area contributed by atoms with Gasteiger partial charge in [-0.25, -0.2) is 4.98 Å². The number of halogens is 1. The van der Waals surface area contributed by atoms with Crippen LogP contribution in [0.5, 0.6) is 0 Å². The fourth-order valence-electron chi connectivity index (χ4n) is 2.94. The highest BCUT2D eigenvalue weighted by atomic mass is 35.5. The monoisotopic (exact) mass is 297 g/mol. The number of hydrogen-bond donors (Lipinski definition) is 1. The fraction of sp³-hybridized carbons (Fsp3) is 0.294. The molecule has 1 fully saturated rings. The molecule has 1 aliphatic carbocycles. The lowest BCUT2D eigenvalue weighted by molar-refractivity contribution is 0.289. The van der Waals surface area contributed by atoms with Crippen LogP contribution in [0.3, 0.4) is 0 Å². The quantitative estimate of drug-likeness (QED) is 0.868. The van der Waals surface area contributed by atoms with Crippen LogP contribution in [-0.4, -0.2) is 11.0 Å². The molecule has 0 atom stereocenters. The van der Waals surface area contributed by atoms with Crippen molar-refractivity contribution in [2.75, 3.05) is 5.32 Å². The molecule has 0 bridgehead atoms. The van der Waals surface area contributed by atoms with E-state index < -0.39 is 0 Å². The van der Waals surface area contributed by atoms with Crippen molar-refractivity contribution >= 4 is 17.3 Å². The minimum Gasteiger partial charge on any atom is -0.381 e. The van der Waals surface area contributed by atoms with Gasteiger partial charge in [-0.15, -0.1) is 0 Å². The summed E-state index contributed by atoms with van der Waals surface area (Å²) in [5.41, 5.74) is 2.63.